The van der Waals surface area contributed by atoms with Crippen LogP contribution in [0.3, 0.4) is 0 Å². The third-order valence-corrected chi connectivity index (χ3v) is 6.36. The van der Waals surface area contributed by atoms with Crippen LogP contribution in [-0.4, -0.2) is 24.7 Å². The summed E-state index contributed by atoms with van der Waals surface area (Å²) in [6.07, 6.45) is 0. The van der Waals surface area contributed by atoms with Gasteiger partial charge in [-0.3, -0.25) is 4.79 Å². The lowest BCUT2D eigenvalue weighted by Gasteiger charge is -2.32. The van der Waals surface area contributed by atoms with Gasteiger partial charge in [0.1, 0.15) is 11.6 Å². The molecule has 1 aliphatic heterocycles. The van der Waals surface area contributed by atoms with Crippen molar-refractivity contribution in [3.8, 4) is 22.6 Å². The number of nitrogens with two attached hydrogens (primary N) is 1. The average molecular weight is 460 g/mol. The summed E-state index contributed by atoms with van der Waals surface area (Å²) in [5, 5.41) is 9.98. The van der Waals surface area contributed by atoms with Gasteiger partial charge in [0.25, 0.3) is 0 Å². The molecule has 4 rings (SSSR count). The molecule has 2 atom stereocenters. The molecule has 1 aliphatic rings. The number of rotatable bonds is 5. The van der Waals surface area contributed by atoms with Crippen molar-refractivity contribution in [2.45, 2.75) is 18.4 Å². The standard InChI is InChI=1S/C24H20ClF2NO4/c1-12-18-17(32-24(12,11-29)13-6-4-3-5-7-13)10-15(26)21(25)20(18)19-14(23(28)30)8-9-16(31-2)22(19)27/h3-10,12,29H,11H2,1-2H3,(H2,28,30). The van der Waals surface area contributed by atoms with Crippen molar-refractivity contribution in [3.63, 3.8) is 0 Å². The maximum Gasteiger partial charge on any atom is 0.249 e. The van der Waals surface area contributed by atoms with Crippen LogP contribution >= 0.6 is 11.6 Å². The number of fused-ring (bicyclic) bond motifs is 1. The van der Waals surface area contributed by atoms with E-state index in [-0.39, 0.29) is 28.2 Å². The Morgan fingerprint density at radius 2 is 1.91 bits per heavy atom. The molecule has 0 aromatic heterocycles. The highest BCUT2D eigenvalue weighted by molar-refractivity contribution is 6.34. The molecule has 1 amide bonds. The van der Waals surface area contributed by atoms with Gasteiger partial charge in [0.05, 0.1) is 24.3 Å². The monoisotopic (exact) mass is 459 g/mol. The van der Waals surface area contributed by atoms with Crippen molar-refractivity contribution in [3.05, 3.63) is 81.9 Å². The van der Waals surface area contributed by atoms with Crippen LogP contribution in [0.2, 0.25) is 5.02 Å². The van der Waals surface area contributed by atoms with E-state index in [1.165, 1.54) is 19.2 Å². The number of methoxy groups -OCH3 is 1. The van der Waals surface area contributed by atoms with E-state index in [0.29, 0.717) is 11.1 Å². The Morgan fingerprint density at radius 3 is 2.50 bits per heavy atom. The second-order valence-electron chi connectivity index (χ2n) is 7.57. The molecular weight excluding hydrogens is 440 g/mol. The second kappa shape index (κ2) is 8.07. The SMILES string of the molecule is COc1ccc(C(N)=O)c(-c2c(Cl)c(F)cc3c2C(C)C(CO)(c2ccccc2)O3)c1F. The lowest BCUT2D eigenvalue weighted by molar-refractivity contribution is 0.00737. The minimum atomic E-state index is -1.27. The smallest absolute Gasteiger partial charge is 0.249 e. The molecule has 0 radical (unpaired) electrons. The van der Waals surface area contributed by atoms with Crippen molar-refractivity contribution >= 4 is 17.5 Å². The molecule has 3 N–H and O–H groups in total. The summed E-state index contributed by atoms with van der Waals surface area (Å²) in [4.78, 5) is 12.1. The van der Waals surface area contributed by atoms with Crippen LogP contribution in [0, 0.1) is 11.6 Å². The average Bonchev–Trinajstić information content (AvgIpc) is 3.07. The number of ether oxygens (including phenoxy) is 2. The zero-order valence-electron chi connectivity index (χ0n) is 17.3. The van der Waals surface area contributed by atoms with Gasteiger partial charge < -0.3 is 20.3 Å². The van der Waals surface area contributed by atoms with Crippen molar-refractivity contribution in [2.24, 2.45) is 5.73 Å². The van der Waals surface area contributed by atoms with E-state index < -0.39 is 40.7 Å². The Balaban J connectivity index is 2.07. The first-order valence-corrected chi connectivity index (χ1v) is 10.2. The van der Waals surface area contributed by atoms with Crippen LogP contribution in [0.4, 0.5) is 8.78 Å². The Hall–Kier alpha value is -3.16. The Labute approximate surface area is 188 Å². The van der Waals surface area contributed by atoms with E-state index in [9.17, 15) is 14.3 Å². The highest BCUT2D eigenvalue weighted by Gasteiger charge is 2.49. The molecule has 0 spiro atoms. The van der Waals surface area contributed by atoms with Crippen molar-refractivity contribution in [1.29, 1.82) is 0 Å². The molecule has 2 unspecified atom stereocenters. The summed E-state index contributed by atoms with van der Waals surface area (Å²) in [6, 6.07) is 12.6. The number of primary amides is 1. The van der Waals surface area contributed by atoms with Gasteiger partial charge in [0.2, 0.25) is 5.91 Å². The topological polar surface area (TPSA) is 81.8 Å². The van der Waals surface area contributed by atoms with E-state index >= 15 is 4.39 Å². The Kier molecular flexibility index (Phi) is 5.56. The second-order valence-corrected chi connectivity index (χ2v) is 7.94. The Morgan fingerprint density at radius 1 is 1.22 bits per heavy atom. The van der Waals surface area contributed by atoms with E-state index in [1.54, 1.807) is 31.2 Å². The minimum absolute atomic E-state index is 0.0642. The molecule has 1 heterocycles. The lowest BCUT2D eigenvalue weighted by atomic mass is 9.78. The summed E-state index contributed by atoms with van der Waals surface area (Å²) < 4.78 is 41.6. The van der Waals surface area contributed by atoms with Gasteiger partial charge >= 0.3 is 0 Å². The van der Waals surface area contributed by atoms with E-state index in [4.69, 9.17) is 26.8 Å². The maximum atomic E-state index is 15.5. The number of hydrogen-bond donors (Lipinski definition) is 2. The van der Waals surface area contributed by atoms with Crippen LogP contribution in [0.15, 0.2) is 48.5 Å². The predicted molar refractivity (Wildman–Crippen MR) is 116 cm³/mol. The normalized spacial score (nSPS) is 19.4. The summed E-state index contributed by atoms with van der Waals surface area (Å²) in [6.45, 7) is 1.32. The molecule has 5 nitrogen and oxygen atoms in total. The molecule has 0 bridgehead atoms. The number of halogens is 3. The van der Waals surface area contributed by atoms with Gasteiger partial charge in [-0.05, 0) is 17.7 Å². The van der Waals surface area contributed by atoms with Crippen LogP contribution in [-0.2, 0) is 5.60 Å². The quantitative estimate of drug-likeness (QED) is 0.575. The van der Waals surface area contributed by atoms with Crippen LogP contribution in [0.1, 0.15) is 34.3 Å². The molecule has 8 heteroatoms. The molecular formula is C24H20ClF2NO4. The number of hydrogen-bond acceptors (Lipinski definition) is 4. The van der Waals surface area contributed by atoms with Crippen molar-refractivity contribution in [1.82, 2.24) is 0 Å². The summed E-state index contributed by atoms with van der Waals surface area (Å²) in [5.41, 5.74) is 4.69. The van der Waals surface area contributed by atoms with E-state index in [1.807, 2.05) is 6.07 Å². The highest BCUT2D eigenvalue weighted by atomic mass is 35.5. The maximum absolute atomic E-state index is 15.5. The van der Waals surface area contributed by atoms with Gasteiger partial charge in [-0.2, -0.15) is 0 Å². The van der Waals surface area contributed by atoms with Crippen molar-refractivity contribution < 1.29 is 28.2 Å². The fraction of sp³-hybridized carbons (Fsp3) is 0.208. The molecule has 3 aromatic carbocycles. The van der Waals surface area contributed by atoms with Crippen LogP contribution in [0.5, 0.6) is 11.5 Å². The summed E-state index contributed by atoms with van der Waals surface area (Å²) in [7, 11) is 1.27. The third-order valence-electron chi connectivity index (χ3n) is 5.99. The molecule has 0 saturated carbocycles. The number of benzene rings is 3. The zero-order valence-corrected chi connectivity index (χ0v) is 18.0. The molecule has 3 aromatic rings. The number of aliphatic hydroxyl groups excluding tert-OH is 1. The molecule has 0 saturated heterocycles. The lowest BCUT2D eigenvalue weighted by Crippen LogP contribution is -2.38. The van der Waals surface area contributed by atoms with Crippen LogP contribution in [0.25, 0.3) is 11.1 Å². The Bertz CT molecular complexity index is 1220. The van der Waals surface area contributed by atoms with Gasteiger partial charge in [0, 0.05) is 28.7 Å². The largest absolute Gasteiger partial charge is 0.494 e. The van der Waals surface area contributed by atoms with Gasteiger partial charge in [-0.1, -0.05) is 48.9 Å². The molecule has 32 heavy (non-hydrogen) atoms. The minimum Gasteiger partial charge on any atom is -0.494 e. The van der Waals surface area contributed by atoms with Crippen LogP contribution < -0.4 is 15.2 Å². The molecule has 0 fully saturated rings. The first kappa shape index (κ1) is 22.0. The van der Waals surface area contributed by atoms with E-state index in [0.717, 1.165) is 6.07 Å². The highest BCUT2D eigenvalue weighted by Crippen LogP contribution is 2.56. The molecule has 0 aliphatic carbocycles. The number of carbonyl (C=O) groups excluding carboxylic acids is 1. The number of aliphatic hydroxyl groups is 1. The third kappa shape index (κ3) is 3.12. The fourth-order valence-corrected chi connectivity index (χ4v) is 4.60. The fourth-order valence-electron chi connectivity index (χ4n) is 4.35. The first-order chi connectivity index (χ1) is 15.3. The van der Waals surface area contributed by atoms with E-state index in [2.05, 4.69) is 0 Å². The van der Waals surface area contributed by atoms with Gasteiger partial charge in [-0.15, -0.1) is 0 Å². The number of amides is 1. The summed E-state index contributed by atoms with van der Waals surface area (Å²) in [5.74, 6) is -3.37. The van der Waals surface area contributed by atoms with Crippen molar-refractivity contribution in [2.75, 3.05) is 13.7 Å². The zero-order chi connectivity index (χ0) is 23.2. The summed E-state index contributed by atoms with van der Waals surface area (Å²) >= 11 is 6.35. The van der Waals surface area contributed by atoms with Gasteiger partial charge in [-0.25, -0.2) is 8.78 Å². The number of carbonyl (C=O) groups is 1. The molecule has 166 valence electrons. The predicted octanol–water partition coefficient (Wildman–Crippen LogP) is 4.78. The van der Waals surface area contributed by atoms with Gasteiger partial charge in [0.15, 0.2) is 17.2 Å². The first-order valence-electron chi connectivity index (χ1n) is 9.80.